The summed E-state index contributed by atoms with van der Waals surface area (Å²) < 4.78 is 0. The van der Waals surface area contributed by atoms with E-state index < -0.39 is 0 Å². The van der Waals surface area contributed by atoms with Crippen molar-refractivity contribution in [3.8, 4) is 0 Å². The fraction of sp³-hybridized carbons (Fsp3) is 0.471. The number of carbonyl (C=O) groups excluding carboxylic acids is 1. The van der Waals surface area contributed by atoms with Gasteiger partial charge in [-0.3, -0.25) is 4.79 Å². The third kappa shape index (κ3) is 2.68. The van der Waals surface area contributed by atoms with E-state index >= 15 is 0 Å². The Morgan fingerprint density at radius 3 is 2.90 bits per heavy atom. The highest BCUT2D eigenvalue weighted by Crippen LogP contribution is 2.31. The number of aryl methyl sites for hydroxylation is 1. The van der Waals surface area contributed by atoms with Crippen LogP contribution in [0.1, 0.15) is 35.3 Å². The molecule has 0 saturated heterocycles. The predicted molar refractivity (Wildman–Crippen MR) is 83.3 cm³/mol. The number of hydrogen-bond donors (Lipinski definition) is 3. The fourth-order valence-corrected chi connectivity index (χ4v) is 3.50. The molecule has 112 valence electrons. The first kappa shape index (κ1) is 14.1. The fourth-order valence-electron chi connectivity index (χ4n) is 3.50. The Balaban J connectivity index is 1.74. The van der Waals surface area contributed by atoms with Crippen molar-refractivity contribution in [1.82, 2.24) is 10.3 Å². The van der Waals surface area contributed by atoms with E-state index in [9.17, 15) is 9.90 Å². The second kappa shape index (κ2) is 5.90. The van der Waals surface area contributed by atoms with E-state index in [0.29, 0.717) is 18.4 Å². The van der Waals surface area contributed by atoms with E-state index in [1.165, 1.54) is 0 Å². The van der Waals surface area contributed by atoms with Crippen molar-refractivity contribution in [2.24, 2.45) is 11.8 Å². The molecule has 0 aliphatic heterocycles. The Morgan fingerprint density at radius 1 is 1.33 bits per heavy atom. The number of aromatic amines is 1. The second-order valence-electron chi connectivity index (χ2n) is 6.01. The standard InChI is InChI=1S/C17H22N2O2/c1-11-16(14-7-2-3-8-15(14)19-11)17(21)18-9-12-5-4-6-13(12)10-20/h2-3,7-8,12-13,19-20H,4-6,9-10H2,1H3,(H,18,21). The predicted octanol–water partition coefficient (Wildman–Crippen LogP) is 2.61. The lowest BCUT2D eigenvalue weighted by molar-refractivity contribution is 0.0939. The maximum atomic E-state index is 12.5. The van der Waals surface area contributed by atoms with Gasteiger partial charge in [0.25, 0.3) is 5.91 Å². The molecule has 4 heteroatoms. The van der Waals surface area contributed by atoms with Gasteiger partial charge in [-0.15, -0.1) is 0 Å². The summed E-state index contributed by atoms with van der Waals surface area (Å²) in [6, 6.07) is 7.87. The lowest BCUT2D eigenvalue weighted by Gasteiger charge is -2.17. The van der Waals surface area contributed by atoms with Crippen LogP contribution in [-0.4, -0.2) is 29.1 Å². The number of benzene rings is 1. The molecule has 0 radical (unpaired) electrons. The molecular weight excluding hydrogens is 264 g/mol. The van der Waals surface area contributed by atoms with Crippen molar-refractivity contribution in [3.05, 3.63) is 35.5 Å². The number of fused-ring (bicyclic) bond motifs is 1. The number of H-pyrrole nitrogens is 1. The van der Waals surface area contributed by atoms with Gasteiger partial charge >= 0.3 is 0 Å². The molecule has 1 aromatic carbocycles. The van der Waals surface area contributed by atoms with Crippen molar-refractivity contribution in [2.45, 2.75) is 26.2 Å². The van der Waals surface area contributed by atoms with Crippen LogP contribution in [0.5, 0.6) is 0 Å². The van der Waals surface area contributed by atoms with E-state index in [1.54, 1.807) is 0 Å². The number of carbonyl (C=O) groups is 1. The van der Waals surface area contributed by atoms with Crippen LogP contribution in [0.15, 0.2) is 24.3 Å². The smallest absolute Gasteiger partial charge is 0.253 e. The lowest BCUT2D eigenvalue weighted by atomic mass is 9.97. The molecule has 2 aromatic rings. The maximum absolute atomic E-state index is 12.5. The number of aliphatic hydroxyl groups is 1. The van der Waals surface area contributed by atoms with Crippen molar-refractivity contribution < 1.29 is 9.90 Å². The summed E-state index contributed by atoms with van der Waals surface area (Å²) in [4.78, 5) is 15.8. The highest BCUT2D eigenvalue weighted by molar-refractivity contribution is 6.08. The molecule has 1 aromatic heterocycles. The summed E-state index contributed by atoms with van der Waals surface area (Å²) in [6.45, 7) is 2.82. The number of aliphatic hydroxyl groups excluding tert-OH is 1. The number of aromatic nitrogens is 1. The molecule has 0 spiro atoms. The molecule has 3 N–H and O–H groups in total. The second-order valence-corrected chi connectivity index (χ2v) is 6.01. The molecule has 3 rings (SSSR count). The minimum atomic E-state index is -0.0199. The quantitative estimate of drug-likeness (QED) is 0.809. The molecular formula is C17H22N2O2. The van der Waals surface area contributed by atoms with E-state index in [2.05, 4.69) is 10.3 Å². The van der Waals surface area contributed by atoms with Crippen molar-refractivity contribution in [1.29, 1.82) is 0 Å². The van der Waals surface area contributed by atoms with Crippen molar-refractivity contribution in [2.75, 3.05) is 13.2 Å². The van der Waals surface area contributed by atoms with E-state index in [0.717, 1.165) is 41.4 Å². The van der Waals surface area contributed by atoms with Gasteiger partial charge in [0.15, 0.2) is 0 Å². The van der Waals surface area contributed by atoms with Crippen LogP contribution in [0.2, 0.25) is 0 Å². The van der Waals surface area contributed by atoms with Gasteiger partial charge in [-0.1, -0.05) is 24.6 Å². The van der Waals surface area contributed by atoms with E-state index in [-0.39, 0.29) is 12.5 Å². The highest BCUT2D eigenvalue weighted by atomic mass is 16.3. The molecule has 2 atom stereocenters. The largest absolute Gasteiger partial charge is 0.396 e. The van der Waals surface area contributed by atoms with E-state index in [4.69, 9.17) is 0 Å². The van der Waals surface area contributed by atoms with Gasteiger partial charge in [0.05, 0.1) is 5.56 Å². The molecule has 1 saturated carbocycles. The summed E-state index contributed by atoms with van der Waals surface area (Å²) in [6.07, 6.45) is 3.32. The zero-order chi connectivity index (χ0) is 14.8. The Labute approximate surface area is 124 Å². The molecule has 2 unspecified atom stereocenters. The minimum Gasteiger partial charge on any atom is -0.396 e. The molecule has 1 aliphatic rings. The zero-order valence-corrected chi connectivity index (χ0v) is 12.4. The number of nitrogens with one attached hydrogen (secondary N) is 2. The lowest BCUT2D eigenvalue weighted by Crippen LogP contribution is -2.31. The average molecular weight is 286 g/mol. The van der Waals surface area contributed by atoms with Gasteiger partial charge in [0.2, 0.25) is 0 Å². The Bertz CT molecular complexity index is 647. The molecule has 21 heavy (non-hydrogen) atoms. The van der Waals surface area contributed by atoms with Gasteiger partial charge in [0.1, 0.15) is 0 Å². The first-order valence-corrected chi connectivity index (χ1v) is 7.67. The molecule has 1 aliphatic carbocycles. The molecule has 4 nitrogen and oxygen atoms in total. The van der Waals surface area contributed by atoms with Gasteiger partial charge < -0.3 is 15.4 Å². The normalized spacial score (nSPS) is 21.8. The van der Waals surface area contributed by atoms with Gasteiger partial charge in [-0.2, -0.15) is 0 Å². The summed E-state index contributed by atoms with van der Waals surface area (Å²) in [5.74, 6) is 0.729. The van der Waals surface area contributed by atoms with Gasteiger partial charge in [-0.25, -0.2) is 0 Å². The number of hydrogen-bond acceptors (Lipinski definition) is 2. The number of rotatable bonds is 4. The van der Waals surface area contributed by atoms with Crippen LogP contribution < -0.4 is 5.32 Å². The summed E-state index contributed by atoms with van der Waals surface area (Å²) in [7, 11) is 0. The van der Waals surface area contributed by atoms with Crippen LogP contribution in [-0.2, 0) is 0 Å². The van der Waals surface area contributed by atoms with E-state index in [1.807, 2.05) is 31.2 Å². The Kier molecular flexibility index (Phi) is 3.97. The molecule has 1 amide bonds. The third-order valence-electron chi connectivity index (χ3n) is 4.70. The number of amides is 1. The topological polar surface area (TPSA) is 65.1 Å². The Hall–Kier alpha value is -1.81. The highest BCUT2D eigenvalue weighted by Gasteiger charge is 2.27. The summed E-state index contributed by atoms with van der Waals surface area (Å²) in [5, 5.41) is 13.4. The Morgan fingerprint density at radius 2 is 2.10 bits per heavy atom. The van der Waals surface area contributed by atoms with Crippen molar-refractivity contribution in [3.63, 3.8) is 0 Å². The van der Waals surface area contributed by atoms with Crippen LogP contribution in [0.25, 0.3) is 10.9 Å². The van der Waals surface area contributed by atoms with Crippen LogP contribution >= 0.6 is 0 Å². The van der Waals surface area contributed by atoms with Crippen LogP contribution in [0, 0.1) is 18.8 Å². The summed E-state index contributed by atoms with van der Waals surface area (Å²) >= 11 is 0. The SMILES string of the molecule is Cc1[nH]c2ccccc2c1C(=O)NCC1CCCC1CO. The minimum absolute atomic E-state index is 0.0199. The molecule has 0 bridgehead atoms. The average Bonchev–Trinajstić information content (AvgIpc) is 3.07. The first-order valence-electron chi connectivity index (χ1n) is 7.67. The molecule has 1 heterocycles. The molecule has 1 fully saturated rings. The van der Waals surface area contributed by atoms with Crippen LogP contribution in [0.4, 0.5) is 0 Å². The first-order chi connectivity index (χ1) is 10.2. The monoisotopic (exact) mass is 286 g/mol. The number of para-hydroxylation sites is 1. The summed E-state index contributed by atoms with van der Waals surface area (Å²) in [5.41, 5.74) is 2.64. The van der Waals surface area contributed by atoms with Gasteiger partial charge in [-0.05, 0) is 37.7 Å². The third-order valence-corrected chi connectivity index (χ3v) is 4.70. The van der Waals surface area contributed by atoms with Crippen molar-refractivity contribution >= 4 is 16.8 Å². The van der Waals surface area contributed by atoms with Gasteiger partial charge in [0, 0.05) is 29.7 Å². The maximum Gasteiger partial charge on any atom is 0.253 e. The zero-order valence-electron chi connectivity index (χ0n) is 12.4. The van der Waals surface area contributed by atoms with Crippen LogP contribution in [0.3, 0.4) is 0 Å².